The third-order valence-corrected chi connectivity index (χ3v) is 6.85. The van der Waals surface area contributed by atoms with Crippen LogP contribution in [0.4, 0.5) is 5.69 Å². The molecule has 1 aliphatic carbocycles. The minimum Gasteiger partial charge on any atom is -0.497 e. The lowest BCUT2D eigenvalue weighted by Crippen LogP contribution is -2.56. The lowest BCUT2D eigenvalue weighted by atomic mass is 9.66. The monoisotopic (exact) mass is 424 g/mol. The summed E-state index contributed by atoms with van der Waals surface area (Å²) in [7, 11) is 3.30. The number of nitrogens with zero attached hydrogens (tertiary/aromatic N) is 1. The molecule has 0 spiro atoms. The zero-order valence-electron chi connectivity index (χ0n) is 18.3. The second-order valence-corrected chi connectivity index (χ2v) is 8.64. The van der Waals surface area contributed by atoms with Crippen LogP contribution in [0.1, 0.15) is 43.7 Å². The Balaban J connectivity index is 1.57. The number of aliphatic hydroxyl groups is 1. The van der Waals surface area contributed by atoms with E-state index in [4.69, 9.17) is 9.47 Å². The predicted molar refractivity (Wildman–Crippen MR) is 120 cm³/mol. The van der Waals surface area contributed by atoms with Crippen LogP contribution in [-0.4, -0.2) is 48.8 Å². The van der Waals surface area contributed by atoms with Crippen LogP contribution in [0.3, 0.4) is 0 Å². The Morgan fingerprint density at radius 3 is 2.61 bits per heavy atom. The minimum atomic E-state index is -0.674. The van der Waals surface area contributed by atoms with Gasteiger partial charge in [0.05, 0.1) is 26.4 Å². The maximum atomic E-state index is 12.9. The molecule has 1 saturated heterocycles. The number of nitrogens with one attached hydrogen (secondary N) is 1. The molecule has 2 fully saturated rings. The first-order valence-electron chi connectivity index (χ1n) is 11.1. The highest BCUT2D eigenvalue weighted by Gasteiger charge is 2.49. The summed E-state index contributed by atoms with van der Waals surface area (Å²) >= 11 is 0. The van der Waals surface area contributed by atoms with Crippen molar-refractivity contribution in [1.82, 2.24) is 4.90 Å². The summed E-state index contributed by atoms with van der Waals surface area (Å²) in [5, 5.41) is 14.4. The zero-order chi connectivity index (χ0) is 21.8. The topological polar surface area (TPSA) is 71.0 Å². The lowest BCUT2D eigenvalue weighted by Gasteiger charge is -2.52. The number of hydrogen-bond acceptors (Lipinski definition) is 5. The van der Waals surface area contributed by atoms with Gasteiger partial charge in [-0.25, -0.2) is 0 Å². The fourth-order valence-electron chi connectivity index (χ4n) is 5.30. The van der Waals surface area contributed by atoms with Gasteiger partial charge in [-0.05, 0) is 49.6 Å². The summed E-state index contributed by atoms with van der Waals surface area (Å²) in [6.45, 7) is 0.938. The summed E-state index contributed by atoms with van der Waals surface area (Å²) in [6, 6.07) is 15.3. The fraction of sp³-hybridized carbons (Fsp3) is 0.480. The van der Waals surface area contributed by atoms with Gasteiger partial charge in [0.1, 0.15) is 11.5 Å². The van der Waals surface area contributed by atoms with Gasteiger partial charge < -0.3 is 19.9 Å². The maximum absolute atomic E-state index is 12.9. The minimum absolute atomic E-state index is 0.0585. The van der Waals surface area contributed by atoms with E-state index < -0.39 is 5.60 Å². The summed E-state index contributed by atoms with van der Waals surface area (Å²) in [5.41, 5.74) is 1.12. The molecule has 31 heavy (non-hydrogen) atoms. The first kappa shape index (κ1) is 21.7. The molecule has 166 valence electrons. The van der Waals surface area contributed by atoms with Gasteiger partial charge in [0, 0.05) is 29.8 Å². The number of benzene rings is 2. The molecule has 2 aromatic carbocycles. The van der Waals surface area contributed by atoms with Gasteiger partial charge in [0.2, 0.25) is 5.91 Å². The van der Waals surface area contributed by atoms with Gasteiger partial charge in [-0.3, -0.25) is 9.69 Å². The average molecular weight is 425 g/mol. The SMILES string of the molecule is COc1ccc(NC(=O)CN2CC[C@]3(O)CCCC[C@@H]3[C@H]2c2ccccc2OC)cc1. The molecule has 0 radical (unpaired) electrons. The van der Waals surface area contributed by atoms with E-state index in [9.17, 15) is 9.90 Å². The van der Waals surface area contributed by atoms with Crippen molar-refractivity contribution in [1.29, 1.82) is 0 Å². The van der Waals surface area contributed by atoms with Gasteiger partial charge >= 0.3 is 0 Å². The number of amides is 1. The quantitative estimate of drug-likeness (QED) is 0.733. The Labute approximate surface area is 184 Å². The number of fused-ring (bicyclic) bond motifs is 1. The molecule has 3 atom stereocenters. The average Bonchev–Trinajstić information content (AvgIpc) is 2.79. The van der Waals surface area contributed by atoms with E-state index in [0.29, 0.717) is 13.0 Å². The Kier molecular flexibility index (Phi) is 6.49. The summed E-state index contributed by atoms with van der Waals surface area (Å²) in [4.78, 5) is 15.1. The van der Waals surface area contributed by atoms with Crippen LogP contribution < -0.4 is 14.8 Å². The number of carbonyl (C=O) groups excluding carboxylic acids is 1. The molecule has 2 aliphatic rings. The van der Waals surface area contributed by atoms with Crippen molar-refractivity contribution in [2.75, 3.05) is 32.6 Å². The van der Waals surface area contributed by atoms with E-state index in [1.165, 1.54) is 0 Å². The fourth-order valence-corrected chi connectivity index (χ4v) is 5.30. The Morgan fingerprint density at radius 2 is 1.87 bits per heavy atom. The van der Waals surface area contributed by atoms with Gasteiger partial charge in [0.25, 0.3) is 0 Å². The van der Waals surface area contributed by atoms with Crippen LogP contribution in [0.2, 0.25) is 0 Å². The Hall–Kier alpha value is -2.57. The second kappa shape index (κ2) is 9.28. The van der Waals surface area contributed by atoms with Crippen LogP contribution in [0.5, 0.6) is 11.5 Å². The highest BCUT2D eigenvalue weighted by atomic mass is 16.5. The standard InChI is InChI=1S/C25H32N2O4/c1-30-19-12-10-18(11-13-19)26-23(28)17-27-16-15-25(29)14-6-5-8-21(25)24(27)20-7-3-4-9-22(20)31-2/h3-4,7,9-13,21,24,29H,5-6,8,14-17H2,1-2H3,(H,26,28)/t21-,24-,25-/m1/s1. The number of carbonyl (C=O) groups is 1. The molecular formula is C25H32N2O4. The van der Waals surface area contributed by atoms with Gasteiger partial charge in [-0.1, -0.05) is 31.0 Å². The second-order valence-electron chi connectivity index (χ2n) is 8.64. The van der Waals surface area contributed by atoms with E-state index in [-0.39, 0.29) is 24.4 Å². The predicted octanol–water partition coefficient (Wildman–Crippen LogP) is 4.01. The van der Waals surface area contributed by atoms with E-state index >= 15 is 0 Å². The van der Waals surface area contributed by atoms with Crippen molar-refractivity contribution in [3.63, 3.8) is 0 Å². The van der Waals surface area contributed by atoms with Crippen molar-refractivity contribution in [3.05, 3.63) is 54.1 Å². The van der Waals surface area contributed by atoms with Crippen LogP contribution in [-0.2, 0) is 4.79 Å². The molecule has 1 aliphatic heterocycles. The van der Waals surface area contributed by atoms with E-state index in [2.05, 4.69) is 16.3 Å². The van der Waals surface area contributed by atoms with Crippen LogP contribution in [0.15, 0.2) is 48.5 Å². The lowest BCUT2D eigenvalue weighted by molar-refractivity contribution is -0.135. The number of piperidine rings is 1. The Bertz CT molecular complexity index is 901. The highest BCUT2D eigenvalue weighted by Crippen LogP contribution is 2.50. The van der Waals surface area contributed by atoms with E-state index in [0.717, 1.165) is 48.4 Å². The number of hydrogen-bond donors (Lipinski definition) is 2. The number of likely N-dealkylation sites (tertiary alicyclic amines) is 1. The smallest absolute Gasteiger partial charge is 0.238 e. The van der Waals surface area contributed by atoms with Crippen molar-refractivity contribution in [2.45, 2.75) is 43.7 Å². The molecule has 1 heterocycles. The van der Waals surface area contributed by atoms with Crippen molar-refractivity contribution in [2.24, 2.45) is 5.92 Å². The number of methoxy groups -OCH3 is 2. The molecule has 1 saturated carbocycles. The summed E-state index contributed by atoms with van der Waals surface area (Å²) in [6.07, 6.45) is 4.64. The van der Waals surface area contributed by atoms with Gasteiger partial charge in [0.15, 0.2) is 0 Å². The number of anilines is 1. The molecule has 1 amide bonds. The van der Waals surface area contributed by atoms with Crippen molar-refractivity contribution >= 4 is 11.6 Å². The first-order valence-corrected chi connectivity index (χ1v) is 11.1. The van der Waals surface area contributed by atoms with Crippen LogP contribution in [0.25, 0.3) is 0 Å². The number of para-hydroxylation sites is 1. The zero-order valence-corrected chi connectivity index (χ0v) is 18.3. The Morgan fingerprint density at radius 1 is 1.10 bits per heavy atom. The van der Waals surface area contributed by atoms with Crippen LogP contribution >= 0.6 is 0 Å². The number of ether oxygens (including phenoxy) is 2. The number of rotatable bonds is 6. The first-order chi connectivity index (χ1) is 15.0. The van der Waals surface area contributed by atoms with Gasteiger partial charge in [-0.2, -0.15) is 0 Å². The molecule has 4 rings (SSSR count). The van der Waals surface area contributed by atoms with E-state index in [1.807, 2.05) is 42.5 Å². The normalized spacial score (nSPS) is 26.0. The third kappa shape index (κ3) is 4.55. The molecule has 0 aromatic heterocycles. The summed E-state index contributed by atoms with van der Waals surface area (Å²) < 4.78 is 10.8. The molecule has 6 heteroatoms. The molecule has 6 nitrogen and oxygen atoms in total. The highest BCUT2D eigenvalue weighted by molar-refractivity contribution is 5.92. The molecule has 2 aromatic rings. The summed E-state index contributed by atoms with van der Waals surface area (Å²) in [5.74, 6) is 1.58. The van der Waals surface area contributed by atoms with Crippen molar-refractivity contribution < 1.29 is 19.4 Å². The largest absolute Gasteiger partial charge is 0.497 e. The van der Waals surface area contributed by atoms with Crippen molar-refractivity contribution in [3.8, 4) is 11.5 Å². The third-order valence-electron chi connectivity index (χ3n) is 6.85. The molecular weight excluding hydrogens is 392 g/mol. The van der Waals surface area contributed by atoms with E-state index in [1.54, 1.807) is 14.2 Å². The molecule has 2 N–H and O–H groups in total. The molecule has 0 unspecified atom stereocenters. The molecule has 0 bridgehead atoms. The van der Waals surface area contributed by atoms with Crippen LogP contribution in [0, 0.1) is 5.92 Å². The maximum Gasteiger partial charge on any atom is 0.238 e. The van der Waals surface area contributed by atoms with Gasteiger partial charge in [-0.15, -0.1) is 0 Å².